The molecule has 27 heavy (non-hydrogen) atoms. The van der Waals surface area contributed by atoms with E-state index >= 15 is 0 Å². The van der Waals surface area contributed by atoms with Crippen LogP contribution in [0, 0.1) is 0 Å². The average molecular weight is 407 g/mol. The minimum Gasteiger partial charge on any atom is -0.452 e. The molecule has 0 unspecified atom stereocenters. The fourth-order valence-electron chi connectivity index (χ4n) is 2.08. The predicted octanol–water partition coefficient (Wildman–Crippen LogP) is 3.36. The van der Waals surface area contributed by atoms with Crippen molar-refractivity contribution in [2.75, 3.05) is 24.2 Å². The second-order valence-corrected chi connectivity index (χ2v) is 7.10. The molecule has 0 aliphatic rings. The second kappa shape index (κ2) is 10.6. The molecule has 2 rings (SSSR count). The predicted molar refractivity (Wildman–Crippen MR) is 106 cm³/mol. The van der Waals surface area contributed by atoms with Crippen molar-refractivity contribution in [1.82, 2.24) is 5.32 Å². The van der Waals surface area contributed by atoms with E-state index in [1.165, 1.54) is 13.0 Å². The lowest BCUT2D eigenvalue weighted by atomic mass is 10.2. The van der Waals surface area contributed by atoms with Gasteiger partial charge >= 0.3 is 5.97 Å². The maximum absolute atomic E-state index is 12.0. The Balaban J connectivity index is 1.69. The molecule has 0 bridgehead atoms. The Bertz CT molecular complexity index is 812. The van der Waals surface area contributed by atoms with Crippen LogP contribution < -0.4 is 10.6 Å². The summed E-state index contributed by atoms with van der Waals surface area (Å²) in [5, 5.41) is 5.95. The van der Waals surface area contributed by atoms with Crippen molar-refractivity contribution < 1.29 is 19.1 Å². The summed E-state index contributed by atoms with van der Waals surface area (Å²) in [5.41, 5.74) is 0.743. The van der Waals surface area contributed by atoms with Gasteiger partial charge in [-0.25, -0.2) is 4.79 Å². The number of carbonyl (C=O) groups is 3. The standard InChI is InChI=1S/C19H19ClN2O4S/c1-13(23)22-16-4-2-3-14(11-16)19(25)26-12-18(24)21-9-10-27-17-7-5-15(20)6-8-17/h2-8,11H,9-10,12H2,1H3,(H,21,24)(H,22,23). The Morgan fingerprint density at radius 2 is 1.85 bits per heavy atom. The van der Waals surface area contributed by atoms with E-state index in [1.807, 2.05) is 24.3 Å². The molecule has 142 valence electrons. The number of hydrogen-bond donors (Lipinski definition) is 2. The van der Waals surface area contributed by atoms with Crippen molar-refractivity contribution >= 4 is 46.8 Å². The summed E-state index contributed by atoms with van der Waals surface area (Å²) < 4.78 is 4.99. The maximum atomic E-state index is 12.0. The summed E-state index contributed by atoms with van der Waals surface area (Å²) in [7, 11) is 0. The van der Waals surface area contributed by atoms with Gasteiger partial charge in [0.25, 0.3) is 5.91 Å². The molecule has 2 N–H and O–H groups in total. The lowest BCUT2D eigenvalue weighted by molar-refractivity contribution is -0.124. The Morgan fingerprint density at radius 1 is 1.11 bits per heavy atom. The average Bonchev–Trinajstić information content (AvgIpc) is 2.64. The van der Waals surface area contributed by atoms with Crippen LogP contribution >= 0.6 is 23.4 Å². The Kier molecular flexibility index (Phi) is 8.16. The van der Waals surface area contributed by atoms with Crippen LogP contribution in [-0.4, -0.2) is 36.7 Å². The molecule has 0 atom stereocenters. The number of benzene rings is 2. The van der Waals surface area contributed by atoms with E-state index in [1.54, 1.807) is 30.0 Å². The number of esters is 1. The van der Waals surface area contributed by atoms with Crippen molar-refractivity contribution in [1.29, 1.82) is 0 Å². The number of amides is 2. The number of hydrogen-bond acceptors (Lipinski definition) is 5. The number of halogens is 1. The topological polar surface area (TPSA) is 84.5 Å². The summed E-state index contributed by atoms with van der Waals surface area (Å²) in [4.78, 5) is 35.9. The molecule has 0 radical (unpaired) electrons. The Hall–Kier alpha value is -2.51. The van der Waals surface area contributed by atoms with Crippen molar-refractivity contribution in [2.45, 2.75) is 11.8 Å². The lowest BCUT2D eigenvalue weighted by Gasteiger charge is -2.08. The van der Waals surface area contributed by atoms with Gasteiger partial charge in [0.15, 0.2) is 6.61 Å². The first-order chi connectivity index (χ1) is 12.9. The normalized spacial score (nSPS) is 10.1. The van der Waals surface area contributed by atoms with Gasteiger partial charge in [-0.05, 0) is 42.5 Å². The van der Waals surface area contributed by atoms with Crippen molar-refractivity contribution in [3.05, 3.63) is 59.1 Å². The van der Waals surface area contributed by atoms with E-state index in [0.717, 1.165) is 4.90 Å². The van der Waals surface area contributed by atoms with Gasteiger partial charge in [-0.2, -0.15) is 0 Å². The third-order valence-corrected chi connectivity index (χ3v) is 4.53. The number of thioether (sulfide) groups is 1. The first-order valence-electron chi connectivity index (χ1n) is 8.14. The molecule has 0 heterocycles. The summed E-state index contributed by atoms with van der Waals surface area (Å²) in [5.74, 6) is -0.567. The summed E-state index contributed by atoms with van der Waals surface area (Å²) in [6, 6.07) is 13.8. The first-order valence-corrected chi connectivity index (χ1v) is 9.50. The van der Waals surface area contributed by atoms with Gasteiger partial charge < -0.3 is 15.4 Å². The highest BCUT2D eigenvalue weighted by molar-refractivity contribution is 7.99. The zero-order valence-corrected chi connectivity index (χ0v) is 16.2. The Morgan fingerprint density at radius 3 is 2.56 bits per heavy atom. The van der Waals surface area contributed by atoms with Crippen molar-refractivity contribution in [2.24, 2.45) is 0 Å². The van der Waals surface area contributed by atoms with Gasteiger partial charge in [0.1, 0.15) is 0 Å². The van der Waals surface area contributed by atoms with E-state index in [2.05, 4.69) is 10.6 Å². The molecule has 2 aromatic carbocycles. The number of anilines is 1. The quantitative estimate of drug-likeness (QED) is 0.399. The lowest BCUT2D eigenvalue weighted by Crippen LogP contribution is -2.30. The monoisotopic (exact) mass is 406 g/mol. The zero-order chi connectivity index (χ0) is 19.6. The second-order valence-electron chi connectivity index (χ2n) is 5.49. The molecule has 0 saturated heterocycles. The molecule has 0 aromatic heterocycles. The molecule has 0 spiro atoms. The number of nitrogens with one attached hydrogen (secondary N) is 2. The van der Waals surface area contributed by atoms with E-state index in [9.17, 15) is 14.4 Å². The van der Waals surface area contributed by atoms with Gasteiger partial charge in [0.2, 0.25) is 5.91 Å². The molecule has 0 aliphatic heterocycles. The van der Waals surface area contributed by atoms with Crippen LogP contribution in [0.3, 0.4) is 0 Å². The number of ether oxygens (including phenoxy) is 1. The van der Waals surface area contributed by atoms with Crippen LogP contribution in [0.15, 0.2) is 53.4 Å². The van der Waals surface area contributed by atoms with Gasteiger partial charge in [0.05, 0.1) is 5.56 Å². The van der Waals surface area contributed by atoms with Crippen molar-refractivity contribution in [3.8, 4) is 0 Å². The van der Waals surface area contributed by atoms with Crippen LogP contribution in [0.25, 0.3) is 0 Å². The minimum atomic E-state index is -0.632. The molecule has 0 aliphatic carbocycles. The van der Waals surface area contributed by atoms with Gasteiger partial charge in [-0.1, -0.05) is 17.7 Å². The molecular weight excluding hydrogens is 388 g/mol. The summed E-state index contributed by atoms with van der Waals surface area (Å²) in [6.45, 7) is 1.46. The fraction of sp³-hybridized carbons (Fsp3) is 0.211. The maximum Gasteiger partial charge on any atom is 0.338 e. The first kappa shape index (κ1) is 20.8. The Labute approximate surface area is 166 Å². The van der Waals surface area contributed by atoms with E-state index < -0.39 is 5.97 Å². The minimum absolute atomic E-state index is 0.239. The molecular formula is C19H19ClN2O4S. The zero-order valence-electron chi connectivity index (χ0n) is 14.7. The molecule has 0 fully saturated rings. The van der Waals surface area contributed by atoms with Crippen LogP contribution in [-0.2, 0) is 14.3 Å². The largest absolute Gasteiger partial charge is 0.452 e. The van der Waals surface area contributed by atoms with Crippen LogP contribution in [0.4, 0.5) is 5.69 Å². The summed E-state index contributed by atoms with van der Waals surface area (Å²) >= 11 is 7.41. The van der Waals surface area contributed by atoms with Gasteiger partial charge in [-0.3, -0.25) is 9.59 Å². The molecule has 8 heteroatoms. The summed E-state index contributed by atoms with van der Waals surface area (Å²) in [6.07, 6.45) is 0. The van der Waals surface area contributed by atoms with Gasteiger partial charge in [-0.15, -0.1) is 11.8 Å². The highest BCUT2D eigenvalue weighted by atomic mass is 35.5. The fourth-order valence-corrected chi connectivity index (χ4v) is 2.98. The SMILES string of the molecule is CC(=O)Nc1cccc(C(=O)OCC(=O)NCCSc2ccc(Cl)cc2)c1. The molecule has 2 aromatic rings. The molecule has 0 saturated carbocycles. The van der Waals surface area contributed by atoms with Crippen molar-refractivity contribution in [3.63, 3.8) is 0 Å². The van der Waals surface area contributed by atoms with Gasteiger partial charge in [0, 0.05) is 34.8 Å². The van der Waals surface area contributed by atoms with E-state index in [4.69, 9.17) is 16.3 Å². The van der Waals surface area contributed by atoms with E-state index in [-0.39, 0.29) is 24.0 Å². The number of rotatable bonds is 8. The van der Waals surface area contributed by atoms with Crippen LogP contribution in [0.5, 0.6) is 0 Å². The third kappa shape index (κ3) is 7.72. The van der Waals surface area contributed by atoms with Crippen LogP contribution in [0.2, 0.25) is 5.02 Å². The smallest absolute Gasteiger partial charge is 0.338 e. The highest BCUT2D eigenvalue weighted by Gasteiger charge is 2.11. The third-order valence-electron chi connectivity index (χ3n) is 3.26. The van der Waals surface area contributed by atoms with E-state index in [0.29, 0.717) is 23.0 Å². The molecule has 6 nitrogen and oxygen atoms in total. The van der Waals surface area contributed by atoms with Crippen LogP contribution in [0.1, 0.15) is 17.3 Å². The molecule has 2 amide bonds. The number of carbonyl (C=O) groups excluding carboxylic acids is 3. The highest BCUT2D eigenvalue weighted by Crippen LogP contribution is 2.19.